The third kappa shape index (κ3) is 3.95. The maximum Gasteiger partial charge on any atom is 0.316 e. The summed E-state index contributed by atoms with van der Waals surface area (Å²) in [4.78, 5) is 11.7. The molecule has 0 unspecified atom stereocenters. The summed E-state index contributed by atoms with van der Waals surface area (Å²) in [6.45, 7) is 4.02. The van der Waals surface area contributed by atoms with Gasteiger partial charge in [0.1, 0.15) is 0 Å². The highest BCUT2D eigenvalue weighted by molar-refractivity contribution is 7.99. The van der Waals surface area contributed by atoms with Crippen LogP contribution in [0.4, 0.5) is 8.78 Å². The highest BCUT2D eigenvalue weighted by Crippen LogP contribution is 2.32. The maximum absolute atomic E-state index is 13.6. The van der Waals surface area contributed by atoms with Crippen molar-refractivity contribution in [2.45, 2.75) is 31.9 Å². The minimum absolute atomic E-state index is 0.0276. The van der Waals surface area contributed by atoms with E-state index in [2.05, 4.69) is 10.2 Å². The molecule has 1 heterocycles. The van der Waals surface area contributed by atoms with Crippen LogP contribution in [0.3, 0.4) is 0 Å². The van der Waals surface area contributed by atoms with Gasteiger partial charge in [0.05, 0.1) is 18.0 Å². The van der Waals surface area contributed by atoms with Crippen molar-refractivity contribution in [3.63, 3.8) is 0 Å². The summed E-state index contributed by atoms with van der Waals surface area (Å²) in [6.07, 6.45) is -1.96. The van der Waals surface area contributed by atoms with E-state index >= 15 is 0 Å². The van der Waals surface area contributed by atoms with Gasteiger partial charge in [-0.25, -0.2) is 8.78 Å². The molecule has 3 aromatic rings. The molecular weight excluding hydrogens is 372 g/mol. The SMILES string of the molecule is CCOC(=O)CSc1nnc(C(F)F)n1-c1ccc(CC)c2ccccc12. The van der Waals surface area contributed by atoms with E-state index in [0.29, 0.717) is 5.69 Å². The Balaban J connectivity index is 2.12. The Hall–Kier alpha value is -2.48. The Labute approximate surface area is 159 Å². The second kappa shape index (κ2) is 8.47. The first kappa shape index (κ1) is 19.3. The molecule has 8 heteroatoms. The van der Waals surface area contributed by atoms with Crippen LogP contribution in [0.25, 0.3) is 16.5 Å². The number of fused-ring (bicyclic) bond motifs is 1. The third-order valence-electron chi connectivity index (χ3n) is 4.09. The first-order chi connectivity index (χ1) is 13.1. The van der Waals surface area contributed by atoms with Crippen LogP contribution in [0.5, 0.6) is 0 Å². The summed E-state index contributed by atoms with van der Waals surface area (Å²) in [6, 6.07) is 11.4. The van der Waals surface area contributed by atoms with Gasteiger partial charge in [0.15, 0.2) is 5.16 Å². The molecule has 0 spiro atoms. The van der Waals surface area contributed by atoms with Gasteiger partial charge in [-0.2, -0.15) is 0 Å². The summed E-state index contributed by atoms with van der Waals surface area (Å²) in [5.41, 5.74) is 1.69. The molecule has 3 rings (SSSR count). The topological polar surface area (TPSA) is 57.0 Å². The van der Waals surface area contributed by atoms with E-state index in [-0.39, 0.29) is 17.5 Å². The maximum atomic E-state index is 13.6. The number of nitrogens with zero attached hydrogens (tertiary/aromatic N) is 3. The van der Waals surface area contributed by atoms with Crippen molar-refractivity contribution in [1.82, 2.24) is 14.8 Å². The number of esters is 1. The molecule has 1 aromatic heterocycles. The molecule has 0 atom stereocenters. The standard InChI is InChI=1S/C19H19F2N3O2S/c1-3-12-9-10-15(14-8-6-5-7-13(12)14)24-18(17(20)21)22-23-19(24)27-11-16(25)26-4-2/h5-10,17H,3-4,11H2,1-2H3. The molecule has 0 bridgehead atoms. The van der Waals surface area contributed by atoms with E-state index < -0.39 is 18.2 Å². The van der Waals surface area contributed by atoms with Crippen molar-refractivity contribution in [3.05, 3.63) is 47.8 Å². The van der Waals surface area contributed by atoms with Crippen LogP contribution >= 0.6 is 11.8 Å². The number of aromatic nitrogens is 3. The minimum atomic E-state index is -2.79. The number of halogens is 2. The van der Waals surface area contributed by atoms with Gasteiger partial charge in [-0.15, -0.1) is 10.2 Å². The van der Waals surface area contributed by atoms with E-state index in [4.69, 9.17) is 4.74 Å². The molecule has 0 aliphatic heterocycles. The number of hydrogen-bond donors (Lipinski definition) is 0. The van der Waals surface area contributed by atoms with Gasteiger partial charge in [-0.05, 0) is 30.4 Å². The number of benzene rings is 2. The molecule has 0 amide bonds. The smallest absolute Gasteiger partial charge is 0.316 e. The summed E-state index contributed by atoms with van der Waals surface area (Å²) in [5, 5.41) is 9.59. The monoisotopic (exact) mass is 391 g/mol. The van der Waals surface area contributed by atoms with Crippen LogP contribution in [0.1, 0.15) is 31.7 Å². The van der Waals surface area contributed by atoms with E-state index in [1.165, 1.54) is 4.57 Å². The van der Waals surface area contributed by atoms with E-state index in [9.17, 15) is 13.6 Å². The van der Waals surface area contributed by atoms with Crippen LogP contribution in [0.15, 0.2) is 41.6 Å². The van der Waals surface area contributed by atoms with Crippen LogP contribution in [0, 0.1) is 0 Å². The zero-order valence-electron chi connectivity index (χ0n) is 15.0. The zero-order chi connectivity index (χ0) is 19.4. The molecule has 2 aromatic carbocycles. The van der Waals surface area contributed by atoms with Crippen LogP contribution in [-0.2, 0) is 16.0 Å². The lowest BCUT2D eigenvalue weighted by atomic mass is 10.0. The fourth-order valence-corrected chi connectivity index (χ4v) is 3.67. The van der Waals surface area contributed by atoms with Crippen LogP contribution in [0.2, 0.25) is 0 Å². The summed E-state index contributed by atoms with van der Waals surface area (Å²) in [5.74, 6) is -0.905. The van der Waals surface area contributed by atoms with E-state index in [0.717, 1.165) is 34.5 Å². The first-order valence-corrected chi connectivity index (χ1v) is 9.58. The predicted molar refractivity (Wildman–Crippen MR) is 101 cm³/mol. The fraction of sp³-hybridized carbons (Fsp3) is 0.316. The number of thioether (sulfide) groups is 1. The van der Waals surface area contributed by atoms with Gasteiger partial charge >= 0.3 is 5.97 Å². The Kier molecular flexibility index (Phi) is 6.05. The molecule has 0 radical (unpaired) electrons. The molecule has 0 saturated carbocycles. The summed E-state index contributed by atoms with van der Waals surface area (Å²) < 4.78 is 33.4. The van der Waals surface area contributed by atoms with Crippen molar-refractivity contribution in [1.29, 1.82) is 0 Å². The van der Waals surface area contributed by atoms with Crippen molar-refractivity contribution in [2.75, 3.05) is 12.4 Å². The summed E-state index contributed by atoms with van der Waals surface area (Å²) >= 11 is 1.03. The van der Waals surface area contributed by atoms with Gasteiger partial charge in [0.2, 0.25) is 5.82 Å². The largest absolute Gasteiger partial charge is 0.465 e. The molecule has 0 fully saturated rings. The highest BCUT2D eigenvalue weighted by Gasteiger charge is 2.23. The van der Waals surface area contributed by atoms with Gasteiger partial charge in [-0.3, -0.25) is 9.36 Å². The molecule has 5 nitrogen and oxygen atoms in total. The lowest BCUT2D eigenvalue weighted by Gasteiger charge is -2.14. The lowest BCUT2D eigenvalue weighted by molar-refractivity contribution is -0.139. The minimum Gasteiger partial charge on any atom is -0.465 e. The normalized spacial score (nSPS) is 11.3. The molecule has 0 saturated heterocycles. The van der Waals surface area contributed by atoms with Gasteiger partial charge in [0, 0.05) is 5.39 Å². The molecule has 0 aliphatic carbocycles. The second-order valence-corrected chi connectivity index (χ2v) is 6.66. The van der Waals surface area contributed by atoms with E-state index in [1.54, 1.807) is 13.0 Å². The van der Waals surface area contributed by atoms with Gasteiger partial charge < -0.3 is 4.74 Å². The molecule has 27 heavy (non-hydrogen) atoms. The summed E-state index contributed by atoms with van der Waals surface area (Å²) in [7, 11) is 0. The number of carbonyl (C=O) groups excluding carboxylic acids is 1. The van der Waals surface area contributed by atoms with Crippen LogP contribution < -0.4 is 0 Å². The number of alkyl halides is 2. The van der Waals surface area contributed by atoms with Crippen molar-refractivity contribution >= 4 is 28.5 Å². The number of carbonyl (C=O) groups is 1. The van der Waals surface area contributed by atoms with Gasteiger partial charge in [0.25, 0.3) is 6.43 Å². The number of rotatable bonds is 7. The van der Waals surface area contributed by atoms with E-state index in [1.807, 2.05) is 37.3 Å². The number of ether oxygens (including phenoxy) is 1. The lowest BCUT2D eigenvalue weighted by Crippen LogP contribution is -2.09. The quantitative estimate of drug-likeness (QED) is 0.436. The van der Waals surface area contributed by atoms with Crippen LogP contribution in [-0.4, -0.2) is 33.1 Å². The molecule has 0 aliphatic rings. The molecule has 0 N–H and O–H groups in total. The Morgan fingerprint density at radius 1 is 1.15 bits per heavy atom. The second-order valence-electron chi connectivity index (χ2n) is 5.71. The van der Waals surface area contributed by atoms with Crippen molar-refractivity contribution in [2.24, 2.45) is 0 Å². The van der Waals surface area contributed by atoms with Gasteiger partial charge in [-0.1, -0.05) is 49.0 Å². The average Bonchev–Trinajstić information content (AvgIpc) is 3.09. The molecular formula is C19H19F2N3O2S. The number of aryl methyl sites for hydroxylation is 1. The zero-order valence-corrected chi connectivity index (χ0v) is 15.8. The Bertz CT molecular complexity index is 959. The van der Waals surface area contributed by atoms with Crippen molar-refractivity contribution < 1.29 is 18.3 Å². The van der Waals surface area contributed by atoms with Crippen molar-refractivity contribution in [3.8, 4) is 5.69 Å². The predicted octanol–water partition coefficient (Wildman–Crippen LogP) is 4.58. The first-order valence-electron chi connectivity index (χ1n) is 8.59. The highest BCUT2D eigenvalue weighted by atomic mass is 32.2. The number of hydrogen-bond acceptors (Lipinski definition) is 5. The fourth-order valence-electron chi connectivity index (χ4n) is 2.92. The third-order valence-corrected chi connectivity index (χ3v) is 4.99. The average molecular weight is 391 g/mol. The Morgan fingerprint density at radius 3 is 2.56 bits per heavy atom. The Morgan fingerprint density at radius 2 is 1.89 bits per heavy atom. The molecule has 142 valence electrons.